The lowest BCUT2D eigenvalue weighted by Gasteiger charge is -2.37. The number of nitrogens with zero attached hydrogens (tertiary/aromatic N) is 1. The zero-order valence-corrected chi connectivity index (χ0v) is 13.8. The fourth-order valence-corrected chi connectivity index (χ4v) is 4.74. The molecule has 0 spiro atoms. The second kappa shape index (κ2) is 8.50. The van der Waals surface area contributed by atoms with Crippen LogP contribution >= 0.6 is 0 Å². The molecule has 2 heterocycles. The Hall–Kier alpha value is -0.120. The van der Waals surface area contributed by atoms with Gasteiger partial charge >= 0.3 is 0 Å². The van der Waals surface area contributed by atoms with E-state index in [9.17, 15) is 0 Å². The van der Waals surface area contributed by atoms with E-state index in [0.717, 1.165) is 18.0 Å². The first kappa shape index (κ1) is 15.8. The van der Waals surface area contributed by atoms with Gasteiger partial charge in [0.05, 0.1) is 0 Å². The van der Waals surface area contributed by atoms with Crippen LogP contribution in [-0.4, -0.2) is 49.7 Å². The average Bonchev–Trinajstić information content (AvgIpc) is 2.93. The Kier molecular flexibility index (Phi) is 6.38. The Bertz CT molecular complexity index is 280. The van der Waals surface area contributed by atoms with Crippen LogP contribution in [0, 0.1) is 5.92 Å². The minimum Gasteiger partial charge on any atom is -0.314 e. The van der Waals surface area contributed by atoms with Gasteiger partial charge in [0.1, 0.15) is 0 Å². The summed E-state index contributed by atoms with van der Waals surface area (Å²) in [6, 6.07) is 1.59. The van der Waals surface area contributed by atoms with Crippen LogP contribution in [-0.2, 0) is 0 Å². The average molecular weight is 293 g/mol. The summed E-state index contributed by atoms with van der Waals surface area (Å²) in [5.41, 5.74) is 0. The molecule has 0 bridgehead atoms. The van der Waals surface area contributed by atoms with Crippen LogP contribution < -0.4 is 10.6 Å². The van der Waals surface area contributed by atoms with Crippen LogP contribution in [0.2, 0.25) is 0 Å². The van der Waals surface area contributed by atoms with Crippen molar-refractivity contribution in [3.8, 4) is 0 Å². The van der Waals surface area contributed by atoms with Crippen molar-refractivity contribution >= 4 is 0 Å². The Morgan fingerprint density at radius 2 is 1.67 bits per heavy atom. The molecule has 2 saturated heterocycles. The molecule has 122 valence electrons. The van der Waals surface area contributed by atoms with E-state index in [1.807, 2.05) is 0 Å². The van der Waals surface area contributed by atoms with E-state index in [1.165, 1.54) is 96.9 Å². The SMILES string of the molecule is C1CCCN(CCNC2CCCCC2C2CCCN2)CC1. The van der Waals surface area contributed by atoms with Gasteiger partial charge in [0.15, 0.2) is 0 Å². The van der Waals surface area contributed by atoms with Crippen LogP contribution in [0.4, 0.5) is 0 Å². The van der Waals surface area contributed by atoms with E-state index in [0.29, 0.717) is 0 Å². The van der Waals surface area contributed by atoms with Gasteiger partial charge in [0.25, 0.3) is 0 Å². The standard InChI is InChI=1S/C18H35N3/c1-2-6-14-21(13-5-1)15-12-20-17-9-4-3-8-16(17)18-10-7-11-19-18/h16-20H,1-15H2. The van der Waals surface area contributed by atoms with E-state index in [-0.39, 0.29) is 0 Å². The van der Waals surface area contributed by atoms with Crippen molar-refractivity contribution in [2.45, 2.75) is 76.3 Å². The molecule has 0 radical (unpaired) electrons. The highest BCUT2D eigenvalue weighted by molar-refractivity contribution is 4.91. The van der Waals surface area contributed by atoms with Gasteiger partial charge in [-0.3, -0.25) is 0 Å². The van der Waals surface area contributed by atoms with E-state index in [1.54, 1.807) is 0 Å². The van der Waals surface area contributed by atoms with Crippen molar-refractivity contribution in [1.29, 1.82) is 0 Å². The number of hydrogen-bond acceptors (Lipinski definition) is 3. The minimum absolute atomic E-state index is 0.779. The Balaban J connectivity index is 1.41. The molecule has 1 aliphatic carbocycles. The predicted octanol–water partition coefficient (Wildman–Crippen LogP) is 2.76. The molecule has 0 aromatic rings. The van der Waals surface area contributed by atoms with Gasteiger partial charge in [-0.15, -0.1) is 0 Å². The van der Waals surface area contributed by atoms with Crippen LogP contribution in [0.1, 0.15) is 64.2 Å². The van der Waals surface area contributed by atoms with Gasteiger partial charge in [-0.2, -0.15) is 0 Å². The van der Waals surface area contributed by atoms with Crippen molar-refractivity contribution in [3.05, 3.63) is 0 Å². The molecular weight excluding hydrogens is 258 g/mol. The highest BCUT2D eigenvalue weighted by Crippen LogP contribution is 2.30. The lowest BCUT2D eigenvalue weighted by atomic mass is 9.79. The van der Waals surface area contributed by atoms with Crippen molar-refractivity contribution in [1.82, 2.24) is 15.5 Å². The van der Waals surface area contributed by atoms with Crippen LogP contribution in [0.25, 0.3) is 0 Å². The molecule has 0 amide bonds. The van der Waals surface area contributed by atoms with Crippen molar-refractivity contribution < 1.29 is 0 Å². The number of likely N-dealkylation sites (tertiary alicyclic amines) is 1. The van der Waals surface area contributed by atoms with Crippen molar-refractivity contribution in [2.75, 3.05) is 32.7 Å². The second-order valence-corrected chi connectivity index (χ2v) is 7.47. The first-order valence-electron chi connectivity index (χ1n) is 9.62. The van der Waals surface area contributed by atoms with E-state index < -0.39 is 0 Å². The van der Waals surface area contributed by atoms with Crippen LogP contribution in [0.5, 0.6) is 0 Å². The zero-order valence-electron chi connectivity index (χ0n) is 13.8. The highest BCUT2D eigenvalue weighted by Gasteiger charge is 2.32. The maximum Gasteiger partial charge on any atom is 0.0111 e. The minimum atomic E-state index is 0.779. The van der Waals surface area contributed by atoms with Gasteiger partial charge in [0.2, 0.25) is 0 Å². The first-order chi connectivity index (χ1) is 10.4. The number of hydrogen-bond donors (Lipinski definition) is 2. The quantitative estimate of drug-likeness (QED) is 0.816. The third-order valence-corrected chi connectivity index (χ3v) is 5.97. The van der Waals surface area contributed by atoms with Gasteiger partial charge in [-0.25, -0.2) is 0 Å². The summed E-state index contributed by atoms with van der Waals surface area (Å²) in [7, 11) is 0. The van der Waals surface area contributed by atoms with E-state index in [2.05, 4.69) is 15.5 Å². The van der Waals surface area contributed by atoms with Crippen LogP contribution in [0.15, 0.2) is 0 Å². The molecule has 3 unspecified atom stereocenters. The van der Waals surface area contributed by atoms with Crippen molar-refractivity contribution in [3.63, 3.8) is 0 Å². The molecule has 3 rings (SSSR count). The summed E-state index contributed by atoms with van der Waals surface area (Å²) in [6.45, 7) is 6.39. The lowest BCUT2D eigenvalue weighted by Crippen LogP contribution is -2.48. The summed E-state index contributed by atoms with van der Waals surface area (Å²) >= 11 is 0. The van der Waals surface area contributed by atoms with E-state index in [4.69, 9.17) is 0 Å². The smallest absolute Gasteiger partial charge is 0.0111 e. The largest absolute Gasteiger partial charge is 0.314 e. The normalized spacial score (nSPS) is 35.7. The fourth-order valence-electron chi connectivity index (χ4n) is 4.74. The summed E-state index contributed by atoms with van der Waals surface area (Å²) in [5, 5.41) is 7.69. The third-order valence-electron chi connectivity index (χ3n) is 5.97. The predicted molar refractivity (Wildman–Crippen MR) is 89.7 cm³/mol. The topological polar surface area (TPSA) is 27.3 Å². The molecular formula is C18H35N3. The maximum atomic E-state index is 3.93. The molecule has 3 aliphatic rings. The maximum absolute atomic E-state index is 3.93. The monoisotopic (exact) mass is 293 g/mol. The molecule has 1 saturated carbocycles. The zero-order chi connectivity index (χ0) is 14.3. The second-order valence-electron chi connectivity index (χ2n) is 7.47. The fraction of sp³-hybridized carbons (Fsp3) is 1.00. The number of rotatable bonds is 5. The molecule has 0 aromatic carbocycles. The Morgan fingerprint density at radius 3 is 2.43 bits per heavy atom. The highest BCUT2D eigenvalue weighted by atomic mass is 15.1. The lowest BCUT2D eigenvalue weighted by molar-refractivity contribution is 0.203. The van der Waals surface area contributed by atoms with Gasteiger partial charge < -0.3 is 15.5 Å². The molecule has 2 N–H and O–H groups in total. The molecule has 3 nitrogen and oxygen atoms in total. The molecule has 3 fully saturated rings. The molecule has 0 aromatic heterocycles. The third kappa shape index (κ3) is 4.67. The summed E-state index contributed by atoms with van der Waals surface area (Å²) in [4.78, 5) is 2.69. The summed E-state index contributed by atoms with van der Waals surface area (Å²) in [6.07, 6.45) is 14.3. The molecule has 3 heteroatoms. The van der Waals surface area contributed by atoms with Gasteiger partial charge in [0, 0.05) is 25.2 Å². The molecule has 2 aliphatic heterocycles. The van der Waals surface area contributed by atoms with Gasteiger partial charge in [-0.05, 0) is 64.1 Å². The Labute approximate surface area is 131 Å². The number of nitrogens with one attached hydrogen (secondary N) is 2. The molecule has 3 atom stereocenters. The van der Waals surface area contributed by atoms with Gasteiger partial charge in [-0.1, -0.05) is 25.7 Å². The summed E-state index contributed by atoms with van der Waals surface area (Å²) in [5.74, 6) is 0.894. The molecule has 21 heavy (non-hydrogen) atoms. The van der Waals surface area contributed by atoms with Crippen LogP contribution in [0.3, 0.4) is 0 Å². The Morgan fingerprint density at radius 1 is 0.857 bits per heavy atom. The first-order valence-corrected chi connectivity index (χ1v) is 9.62. The van der Waals surface area contributed by atoms with E-state index >= 15 is 0 Å². The van der Waals surface area contributed by atoms with Crippen molar-refractivity contribution in [2.24, 2.45) is 5.92 Å². The summed E-state index contributed by atoms with van der Waals surface area (Å²) < 4.78 is 0.